The highest BCUT2D eigenvalue weighted by Crippen LogP contribution is 2.19. The monoisotopic (exact) mass is 262 g/mol. The van der Waals surface area contributed by atoms with Crippen LogP contribution in [-0.2, 0) is 7.05 Å². The first-order chi connectivity index (χ1) is 8.20. The van der Waals surface area contributed by atoms with Gasteiger partial charge in [-0.05, 0) is 6.07 Å². The van der Waals surface area contributed by atoms with Gasteiger partial charge in [0.1, 0.15) is 0 Å². The van der Waals surface area contributed by atoms with Crippen molar-refractivity contribution in [1.29, 1.82) is 0 Å². The van der Waals surface area contributed by atoms with E-state index in [1.165, 1.54) is 30.9 Å². The van der Waals surface area contributed by atoms with Crippen LogP contribution in [0.15, 0.2) is 23.1 Å². The maximum absolute atomic E-state index is 12.0. The van der Waals surface area contributed by atoms with Crippen molar-refractivity contribution in [3.05, 3.63) is 34.2 Å². The number of hydrogen-bond acceptors (Lipinski definition) is 2. The average molecular weight is 262 g/mol. The molecule has 7 heteroatoms. The molecule has 0 saturated heterocycles. The van der Waals surface area contributed by atoms with Gasteiger partial charge < -0.3 is 9.47 Å². The van der Waals surface area contributed by atoms with E-state index in [9.17, 15) is 22.8 Å². The van der Waals surface area contributed by atoms with E-state index >= 15 is 0 Å². The second-order valence-corrected chi connectivity index (χ2v) is 3.96. The molecule has 0 aromatic carbocycles. The summed E-state index contributed by atoms with van der Waals surface area (Å²) in [4.78, 5) is 24.0. The van der Waals surface area contributed by atoms with Crippen LogP contribution in [0.1, 0.15) is 16.8 Å². The van der Waals surface area contributed by atoms with Crippen LogP contribution in [0, 0.1) is 0 Å². The number of carbonyl (C=O) groups excluding carboxylic acids is 1. The van der Waals surface area contributed by atoms with Crippen LogP contribution in [0.5, 0.6) is 0 Å². The molecule has 100 valence electrons. The smallest absolute Gasteiger partial charge is 0.341 e. The molecule has 0 unspecified atom stereocenters. The maximum Gasteiger partial charge on any atom is 0.390 e. The second-order valence-electron chi connectivity index (χ2n) is 3.96. The van der Waals surface area contributed by atoms with Crippen molar-refractivity contribution < 1.29 is 18.0 Å². The minimum absolute atomic E-state index is 0.0859. The Balaban J connectivity index is 2.74. The van der Waals surface area contributed by atoms with E-state index in [0.29, 0.717) is 0 Å². The van der Waals surface area contributed by atoms with Crippen molar-refractivity contribution in [3.8, 4) is 0 Å². The van der Waals surface area contributed by atoms with Gasteiger partial charge in [-0.15, -0.1) is 0 Å². The normalized spacial score (nSPS) is 11.4. The Labute approximate surface area is 102 Å². The highest BCUT2D eigenvalue weighted by molar-refractivity contribution is 5.93. The number of aryl methyl sites for hydroxylation is 1. The van der Waals surface area contributed by atoms with Crippen LogP contribution in [-0.4, -0.2) is 35.1 Å². The van der Waals surface area contributed by atoms with Gasteiger partial charge in [0.15, 0.2) is 0 Å². The molecule has 1 aromatic rings. The Hall–Kier alpha value is -1.79. The Morgan fingerprint density at radius 2 is 2.06 bits per heavy atom. The number of rotatable bonds is 3. The number of nitrogens with zero attached hydrogens (tertiary/aromatic N) is 2. The topological polar surface area (TPSA) is 42.3 Å². The molecule has 1 aromatic heterocycles. The molecule has 0 bridgehead atoms. The molecule has 0 aliphatic heterocycles. The lowest BCUT2D eigenvalue weighted by Crippen LogP contribution is -2.31. The SMILES string of the molecule is CN(CCC(F)(F)F)C(=O)c1ccn(C)c(=O)c1. The third kappa shape index (κ3) is 3.90. The van der Waals surface area contributed by atoms with Crippen molar-refractivity contribution in [2.45, 2.75) is 12.6 Å². The number of aromatic nitrogens is 1. The van der Waals surface area contributed by atoms with Gasteiger partial charge in [0, 0.05) is 38.5 Å². The van der Waals surface area contributed by atoms with Gasteiger partial charge in [0.25, 0.3) is 11.5 Å². The molecule has 4 nitrogen and oxygen atoms in total. The lowest BCUT2D eigenvalue weighted by molar-refractivity contribution is -0.136. The molecule has 1 heterocycles. The number of amides is 1. The van der Waals surface area contributed by atoms with Crippen LogP contribution in [0.4, 0.5) is 13.2 Å². The molecule has 0 radical (unpaired) electrons. The van der Waals surface area contributed by atoms with E-state index in [0.717, 1.165) is 11.0 Å². The molecule has 0 fully saturated rings. The predicted molar refractivity (Wildman–Crippen MR) is 59.3 cm³/mol. The van der Waals surface area contributed by atoms with E-state index in [1.807, 2.05) is 0 Å². The van der Waals surface area contributed by atoms with Crippen LogP contribution in [0.25, 0.3) is 0 Å². The Morgan fingerprint density at radius 1 is 1.44 bits per heavy atom. The highest BCUT2D eigenvalue weighted by atomic mass is 19.4. The minimum Gasteiger partial charge on any atom is -0.341 e. The van der Waals surface area contributed by atoms with Gasteiger partial charge in [-0.2, -0.15) is 13.2 Å². The van der Waals surface area contributed by atoms with Gasteiger partial charge >= 0.3 is 6.18 Å². The zero-order valence-corrected chi connectivity index (χ0v) is 9.99. The molecule has 0 aliphatic carbocycles. The molecule has 0 aliphatic rings. The number of alkyl halides is 3. The summed E-state index contributed by atoms with van der Waals surface area (Å²) in [5.74, 6) is -0.600. The number of pyridine rings is 1. The number of carbonyl (C=O) groups is 1. The summed E-state index contributed by atoms with van der Waals surface area (Å²) in [5, 5.41) is 0. The van der Waals surface area contributed by atoms with E-state index < -0.39 is 25.0 Å². The molecular weight excluding hydrogens is 249 g/mol. The van der Waals surface area contributed by atoms with Crippen LogP contribution < -0.4 is 5.56 Å². The zero-order chi connectivity index (χ0) is 13.9. The van der Waals surface area contributed by atoms with Crippen molar-refractivity contribution in [3.63, 3.8) is 0 Å². The second kappa shape index (κ2) is 5.24. The average Bonchev–Trinajstić information content (AvgIpc) is 2.27. The third-order valence-electron chi connectivity index (χ3n) is 2.43. The first-order valence-electron chi connectivity index (χ1n) is 5.19. The summed E-state index contributed by atoms with van der Waals surface area (Å²) < 4.78 is 37.3. The summed E-state index contributed by atoms with van der Waals surface area (Å²) in [6.07, 6.45) is -3.98. The van der Waals surface area contributed by atoms with Crippen molar-refractivity contribution in [2.75, 3.05) is 13.6 Å². The summed E-state index contributed by atoms with van der Waals surface area (Å²) in [6, 6.07) is 2.50. The van der Waals surface area contributed by atoms with Gasteiger partial charge in [0.2, 0.25) is 0 Å². The van der Waals surface area contributed by atoms with E-state index in [4.69, 9.17) is 0 Å². The summed E-state index contributed by atoms with van der Waals surface area (Å²) in [7, 11) is 2.79. The lowest BCUT2D eigenvalue weighted by Gasteiger charge is -2.18. The Bertz CT molecular complexity index is 494. The highest BCUT2D eigenvalue weighted by Gasteiger charge is 2.28. The van der Waals surface area contributed by atoms with E-state index in [-0.39, 0.29) is 11.1 Å². The van der Waals surface area contributed by atoms with Gasteiger partial charge in [-0.25, -0.2) is 0 Å². The summed E-state index contributed by atoms with van der Waals surface area (Å²) in [5.41, 5.74) is -0.298. The Morgan fingerprint density at radius 3 is 2.56 bits per heavy atom. The van der Waals surface area contributed by atoms with Gasteiger partial charge in [-0.1, -0.05) is 0 Å². The molecule has 0 atom stereocenters. The first kappa shape index (κ1) is 14.3. The third-order valence-corrected chi connectivity index (χ3v) is 2.43. The largest absolute Gasteiger partial charge is 0.390 e. The molecule has 0 saturated carbocycles. The maximum atomic E-state index is 12.0. The quantitative estimate of drug-likeness (QED) is 0.826. The van der Waals surface area contributed by atoms with Crippen molar-refractivity contribution >= 4 is 5.91 Å². The lowest BCUT2D eigenvalue weighted by atomic mass is 10.2. The fourth-order valence-electron chi connectivity index (χ4n) is 1.30. The molecule has 0 spiro atoms. The van der Waals surface area contributed by atoms with Crippen molar-refractivity contribution in [1.82, 2.24) is 9.47 Å². The first-order valence-corrected chi connectivity index (χ1v) is 5.19. The fourth-order valence-corrected chi connectivity index (χ4v) is 1.30. The minimum atomic E-state index is -4.30. The molecule has 1 rings (SSSR count). The number of halogens is 3. The van der Waals surface area contributed by atoms with Gasteiger partial charge in [0.05, 0.1) is 6.42 Å². The van der Waals surface area contributed by atoms with E-state index in [1.54, 1.807) is 0 Å². The molecule has 0 N–H and O–H groups in total. The van der Waals surface area contributed by atoms with Crippen LogP contribution in [0.3, 0.4) is 0 Å². The molecular formula is C11H13F3N2O2. The van der Waals surface area contributed by atoms with Crippen LogP contribution in [0.2, 0.25) is 0 Å². The molecule has 18 heavy (non-hydrogen) atoms. The Kier molecular flexibility index (Phi) is 4.15. The summed E-state index contributed by atoms with van der Waals surface area (Å²) in [6.45, 7) is -0.433. The van der Waals surface area contributed by atoms with Crippen LogP contribution >= 0.6 is 0 Å². The fraction of sp³-hybridized carbons (Fsp3) is 0.455. The number of hydrogen-bond donors (Lipinski definition) is 0. The summed E-state index contributed by atoms with van der Waals surface area (Å²) >= 11 is 0. The van der Waals surface area contributed by atoms with Crippen molar-refractivity contribution in [2.24, 2.45) is 7.05 Å². The molecule has 1 amide bonds. The van der Waals surface area contributed by atoms with Gasteiger partial charge in [-0.3, -0.25) is 9.59 Å². The van der Waals surface area contributed by atoms with E-state index in [2.05, 4.69) is 0 Å². The standard InChI is InChI=1S/C11H13F3N2O2/c1-15-5-3-8(7-9(15)17)10(18)16(2)6-4-11(12,13)14/h3,5,7H,4,6H2,1-2H3. The predicted octanol–water partition coefficient (Wildman–Crippen LogP) is 1.41. The zero-order valence-electron chi connectivity index (χ0n) is 9.99.